The molecule has 7 nitrogen and oxygen atoms in total. The normalized spacial score (nSPS) is 17.8. The molecule has 0 spiro atoms. The quantitative estimate of drug-likeness (QED) is 0.854. The number of amides is 1. The number of hydrogen-bond acceptors (Lipinski definition) is 6. The Morgan fingerprint density at radius 1 is 1.29 bits per heavy atom. The molecular weight excluding hydrogens is 332 g/mol. The lowest BCUT2D eigenvalue weighted by Crippen LogP contribution is -2.33. The van der Waals surface area contributed by atoms with Crippen LogP contribution < -0.4 is 4.72 Å². The number of benzene rings is 1. The van der Waals surface area contributed by atoms with Gasteiger partial charge in [-0.3, -0.25) is 9.52 Å². The van der Waals surface area contributed by atoms with Crippen molar-refractivity contribution in [2.45, 2.75) is 31.1 Å². The van der Waals surface area contributed by atoms with Crippen LogP contribution in [0.1, 0.15) is 25.0 Å². The Morgan fingerprint density at radius 2 is 2.08 bits per heavy atom. The first-order valence-corrected chi connectivity index (χ1v) is 9.33. The number of ether oxygens (including phenoxy) is 1. The number of hydrogen-bond donors (Lipinski definition) is 1. The van der Waals surface area contributed by atoms with Crippen molar-refractivity contribution in [3.63, 3.8) is 0 Å². The molecule has 1 saturated heterocycles. The van der Waals surface area contributed by atoms with Crippen LogP contribution in [-0.4, -0.2) is 32.2 Å². The van der Waals surface area contributed by atoms with Gasteiger partial charge < -0.3 is 9.26 Å². The predicted octanol–water partition coefficient (Wildman–Crippen LogP) is 1.86. The van der Waals surface area contributed by atoms with Crippen LogP contribution in [0.2, 0.25) is 0 Å². The van der Waals surface area contributed by atoms with Crippen LogP contribution in [-0.2, 0) is 25.3 Å². The van der Waals surface area contributed by atoms with Gasteiger partial charge in [0.15, 0.2) is 5.76 Å². The zero-order chi connectivity index (χ0) is 17.0. The van der Waals surface area contributed by atoms with Gasteiger partial charge in [-0.25, -0.2) is 8.42 Å². The molecule has 24 heavy (non-hydrogen) atoms. The minimum Gasteiger partial charge on any atom is -0.378 e. The van der Waals surface area contributed by atoms with Crippen LogP contribution in [0.3, 0.4) is 0 Å². The van der Waals surface area contributed by atoms with Gasteiger partial charge in [0.25, 0.3) is 0 Å². The van der Waals surface area contributed by atoms with Crippen LogP contribution in [0.15, 0.2) is 40.9 Å². The Hall–Kier alpha value is -2.19. The summed E-state index contributed by atoms with van der Waals surface area (Å²) < 4.78 is 36.6. The monoisotopic (exact) mass is 350 g/mol. The van der Waals surface area contributed by atoms with Gasteiger partial charge in [-0.2, -0.15) is 0 Å². The third kappa shape index (κ3) is 4.42. The first-order chi connectivity index (χ1) is 11.5. The van der Waals surface area contributed by atoms with Crippen molar-refractivity contribution in [1.29, 1.82) is 0 Å². The van der Waals surface area contributed by atoms with Crippen molar-refractivity contribution in [3.05, 3.63) is 42.2 Å². The van der Waals surface area contributed by atoms with E-state index in [1.807, 2.05) is 35.1 Å². The van der Waals surface area contributed by atoms with Gasteiger partial charge >= 0.3 is 0 Å². The van der Waals surface area contributed by atoms with Gasteiger partial charge in [0.1, 0.15) is 11.4 Å². The number of rotatable bonds is 6. The number of nitrogens with one attached hydrogen (secondary N) is 1. The highest BCUT2D eigenvalue weighted by Gasteiger charge is 2.23. The lowest BCUT2D eigenvalue weighted by Gasteiger charge is -2.09. The fourth-order valence-electron chi connectivity index (χ4n) is 2.58. The molecule has 1 atom stereocenters. The maximum absolute atomic E-state index is 12.1. The molecule has 1 aliphatic heterocycles. The topological polar surface area (TPSA) is 98.5 Å². The predicted molar refractivity (Wildman–Crippen MR) is 86.3 cm³/mol. The Kier molecular flexibility index (Phi) is 4.96. The summed E-state index contributed by atoms with van der Waals surface area (Å²) in [7, 11) is -3.83. The molecule has 0 saturated carbocycles. The van der Waals surface area contributed by atoms with Crippen molar-refractivity contribution >= 4 is 15.9 Å². The smallest absolute Gasteiger partial charge is 0.242 e. The standard InChI is InChI=1S/C16H18N2O5S/c19-16(10-13-7-4-8-22-13)18-24(20,21)11-14-9-15(17-23-14)12-5-2-1-3-6-12/h1-3,5-6,9,13H,4,7-8,10-11H2,(H,18,19)/t13-/m0/s1. The Balaban J connectivity index is 1.60. The van der Waals surface area contributed by atoms with Gasteiger partial charge in [-0.1, -0.05) is 35.5 Å². The van der Waals surface area contributed by atoms with Crippen LogP contribution in [0.5, 0.6) is 0 Å². The average molecular weight is 350 g/mol. The van der Waals surface area contributed by atoms with E-state index in [0.717, 1.165) is 18.4 Å². The molecular formula is C16H18N2O5S. The molecule has 128 valence electrons. The molecule has 2 heterocycles. The number of carbonyl (C=O) groups is 1. The van der Waals surface area contributed by atoms with Gasteiger partial charge in [-0.05, 0) is 12.8 Å². The molecule has 0 unspecified atom stereocenters. The number of sulfonamides is 1. The SMILES string of the molecule is O=C(C[C@@H]1CCCO1)NS(=O)(=O)Cc1cc(-c2ccccc2)no1. The molecule has 2 aromatic rings. The highest BCUT2D eigenvalue weighted by atomic mass is 32.2. The summed E-state index contributed by atoms with van der Waals surface area (Å²) in [4.78, 5) is 11.8. The zero-order valence-electron chi connectivity index (χ0n) is 13.0. The van der Waals surface area contributed by atoms with Crippen molar-refractivity contribution in [1.82, 2.24) is 9.88 Å². The third-order valence-electron chi connectivity index (χ3n) is 3.67. The summed E-state index contributed by atoms with van der Waals surface area (Å²) in [5, 5.41) is 3.86. The number of carbonyl (C=O) groups excluding carboxylic acids is 1. The van der Waals surface area contributed by atoms with E-state index in [4.69, 9.17) is 9.26 Å². The lowest BCUT2D eigenvalue weighted by atomic mass is 10.1. The van der Waals surface area contributed by atoms with Crippen molar-refractivity contribution in [3.8, 4) is 11.3 Å². The van der Waals surface area contributed by atoms with E-state index >= 15 is 0 Å². The third-order valence-corrected chi connectivity index (χ3v) is 4.87. The van der Waals surface area contributed by atoms with E-state index in [-0.39, 0.29) is 18.3 Å². The molecule has 3 rings (SSSR count). The zero-order valence-corrected chi connectivity index (χ0v) is 13.8. The minimum atomic E-state index is -3.83. The average Bonchev–Trinajstić information content (AvgIpc) is 3.19. The van der Waals surface area contributed by atoms with E-state index in [9.17, 15) is 13.2 Å². The Bertz CT molecular complexity index is 795. The summed E-state index contributed by atoms with van der Waals surface area (Å²) >= 11 is 0. The highest BCUT2D eigenvalue weighted by Crippen LogP contribution is 2.20. The Labute approximate surface area is 140 Å². The molecule has 0 radical (unpaired) electrons. The van der Waals surface area contributed by atoms with Gasteiger partial charge in [0, 0.05) is 18.2 Å². The van der Waals surface area contributed by atoms with E-state index in [2.05, 4.69) is 5.16 Å². The van der Waals surface area contributed by atoms with Crippen molar-refractivity contribution in [2.75, 3.05) is 6.61 Å². The molecule has 1 aromatic heterocycles. The fourth-order valence-corrected chi connectivity index (χ4v) is 3.59. The molecule has 1 N–H and O–H groups in total. The summed E-state index contributed by atoms with van der Waals surface area (Å²) in [6, 6.07) is 10.8. The molecule has 0 bridgehead atoms. The molecule has 8 heteroatoms. The molecule has 1 aliphatic rings. The van der Waals surface area contributed by atoms with E-state index in [1.165, 1.54) is 0 Å². The van der Waals surface area contributed by atoms with E-state index in [0.29, 0.717) is 12.3 Å². The maximum atomic E-state index is 12.1. The molecule has 1 fully saturated rings. The lowest BCUT2D eigenvalue weighted by molar-refractivity contribution is -0.121. The van der Waals surface area contributed by atoms with Gasteiger partial charge in [0.05, 0.1) is 12.5 Å². The summed E-state index contributed by atoms with van der Waals surface area (Å²) in [6.07, 6.45) is 1.52. The number of nitrogens with zero attached hydrogens (tertiary/aromatic N) is 1. The summed E-state index contributed by atoms with van der Waals surface area (Å²) in [6.45, 7) is 0.616. The number of aromatic nitrogens is 1. The van der Waals surface area contributed by atoms with Crippen LogP contribution in [0.25, 0.3) is 11.3 Å². The van der Waals surface area contributed by atoms with Crippen LogP contribution in [0, 0.1) is 0 Å². The second-order valence-electron chi connectivity index (χ2n) is 5.67. The van der Waals surface area contributed by atoms with Crippen molar-refractivity contribution in [2.24, 2.45) is 0 Å². The summed E-state index contributed by atoms with van der Waals surface area (Å²) in [5.74, 6) is -0.833. The maximum Gasteiger partial charge on any atom is 0.242 e. The van der Waals surface area contributed by atoms with Gasteiger partial charge in [0.2, 0.25) is 15.9 Å². The van der Waals surface area contributed by atoms with Gasteiger partial charge in [-0.15, -0.1) is 0 Å². The molecule has 0 aliphatic carbocycles. The van der Waals surface area contributed by atoms with Crippen molar-refractivity contribution < 1.29 is 22.5 Å². The van der Waals surface area contributed by atoms with Crippen LogP contribution in [0.4, 0.5) is 0 Å². The first-order valence-electron chi connectivity index (χ1n) is 7.68. The van der Waals surface area contributed by atoms with E-state index in [1.54, 1.807) is 6.07 Å². The Morgan fingerprint density at radius 3 is 2.79 bits per heavy atom. The highest BCUT2D eigenvalue weighted by molar-refractivity contribution is 7.89. The second kappa shape index (κ2) is 7.14. The first kappa shape index (κ1) is 16.7. The second-order valence-corrected chi connectivity index (χ2v) is 7.39. The summed E-state index contributed by atoms with van der Waals surface area (Å²) in [5.41, 5.74) is 1.37. The van der Waals surface area contributed by atoms with Crippen LogP contribution >= 0.6 is 0 Å². The largest absolute Gasteiger partial charge is 0.378 e. The molecule has 1 amide bonds. The van der Waals surface area contributed by atoms with E-state index < -0.39 is 21.7 Å². The fraction of sp³-hybridized carbons (Fsp3) is 0.375. The molecule has 1 aromatic carbocycles. The minimum absolute atomic E-state index is 0.0465.